The van der Waals surface area contributed by atoms with Crippen LogP contribution in [0.25, 0.3) is 22.8 Å². The van der Waals surface area contributed by atoms with Gasteiger partial charge in [-0.1, -0.05) is 0 Å². The van der Waals surface area contributed by atoms with Crippen molar-refractivity contribution in [3.05, 3.63) is 42.6 Å². The average Bonchev–Trinajstić information content (AvgIpc) is 2.85. The van der Waals surface area contributed by atoms with E-state index in [2.05, 4.69) is 20.1 Å². The molecule has 0 fully saturated rings. The summed E-state index contributed by atoms with van der Waals surface area (Å²) in [5.74, 6) is 0.258. The third-order valence-electron chi connectivity index (χ3n) is 2.70. The molecule has 3 rings (SSSR count). The van der Waals surface area contributed by atoms with Crippen LogP contribution in [0, 0.1) is 5.82 Å². The highest BCUT2D eigenvalue weighted by atomic mass is 19.1. The second kappa shape index (κ2) is 4.69. The van der Waals surface area contributed by atoms with Gasteiger partial charge in [-0.3, -0.25) is 4.68 Å². The van der Waals surface area contributed by atoms with E-state index in [4.69, 9.17) is 5.73 Å². The van der Waals surface area contributed by atoms with Crippen LogP contribution in [-0.2, 0) is 7.05 Å². The minimum absolute atomic E-state index is 0.319. The Balaban J connectivity index is 2.09. The summed E-state index contributed by atoms with van der Waals surface area (Å²) in [5, 5.41) is 4.09. The van der Waals surface area contributed by atoms with E-state index in [-0.39, 0.29) is 0 Å². The monoisotopic (exact) mass is 270 g/mol. The third-order valence-corrected chi connectivity index (χ3v) is 2.70. The van der Waals surface area contributed by atoms with Gasteiger partial charge in [0.1, 0.15) is 17.3 Å². The van der Waals surface area contributed by atoms with Crippen molar-refractivity contribution in [2.24, 2.45) is 7.05 Å². The Labute approximate surface area is 114 Å². The van der Waals surface area contributed by atoms with Gasteiger partial charge < -0.3 is 5.73 Å². The van der Waals surface area contributed by atoms with E-state index in [0.29, 0.717) is 23.0 Å². The Morgan fingerprint density at radius 3 is 2.65 bits per heavy atom. The van der Waals surface area contributed by atoms with Crippen molar-refractivity contribution in [3.8, 4) is 22.8 Å². The van der Waals surface area contributed by atoms with Gasteiger partial charge in [0.15, 0.2) is 5.82 Å². The number of anilines is 1. The number of halogens is 1. The van der Waals surface area contributed by atoms with E-state index >= 15 is 0 Å². The molecule has 6 nitrogen and oxygen atoms in total. The van der Waals surface area contributed by atoms with Crippen LogP contribution < -0.4 is 5.73 Å². The van der Waals surface area contributed by atoms with Crippen LogP contribution >= 0.6 is 0 Å². The molecule has 7 heteroatoms. The third kappa shape index (κ3) is 2.33. The van der Waals surface area contributed by atoms with E-state index < -0.39 is 5.82 Å². The number of nitrogen functional groups attached to an aromatic ring is 1. The van der Waals surface area contributed by atoms with Gasteiger partial charge in [0.05, 0.1) is 18.1 Å². The Morgan fingerprint density at radius 2 is 2.00 bits per heavy atom. The molecule has 0 radical (unpaired) electrons. The SMILES string of the molecule is Cn1cc(-c2cc(N)nc(-c3ccc(F)cn3)n2)cn1. The van der Waals surface area contributed by atoms with Crippen molar-refractivity contribution in [3.63, 3.8) is 0 Å². The maximum absolute atomic E-state index is 12.9. The first-order valence-corrected chi connectivity index (χ1v) is 5.87. The smallest absolute Gasteiger partial charge is 0.180 e. The Bertz CT molecular complexity index is 750. The molecule has 0 saturated carbocycles. The molecule has 3 heterocycles. The first kappa shape index (κ1) is 12.2. The number of rotatable bonds is 2. The number of pyridine rings is 1. The highest BCUT2D eigenvalue weighted by molar-refractivity contribution is 5.64. The van der Waals surface area contributed by atoms with Crippen molar-refractivity contribution >= 4 is 5.82 Å². The summed E-state index contributed by atoms with van der Waals surface area (Å²) in [6.45, 7) is 0. The van der Waals surface area contributed by atoms with E-state index in [9.17, 15) is 4.39 Å². The van der Waals surface area contributed by atoms with Gasteiger partial charge in [-0.2, -0.15) is 5.10 Å². The lowest BCUT2D eigenvalue weighted by Gasteiger charge is -2.04. The molecule has 0 amide bonds. The number of nitrogens with zero attached hydrogens (tertiary/aromatic N) is 5. The summed E-state index contributed by atoms with van der Waals surface area (Å²) in [7, 11) is 1.82. The van der Waals surface area contributed by atoms with Crippen LogP contribution in [-0.4, -0.2) is 24.7 Å². The number of hydrogen-bond donors (Lipinski definition) is 1. The molecule has 100 valence electrons. The predicted molar refractivity (Wildman–Crippen MR) is 71.8 cm³/mol. The standard InChI is InChI=1S/C13H11FN6/c1-20-7-8(5-17-20)11-4-12(15)19-13(18-11)10-3-2-9(14)6-16-10/h2-7H,1H3,(H2,15,18,19). The van der Waals surface area contributed by atoms with Crippen molar-refractivity contribution in [1.82, 2.24) is 24.7 Å². The lowest BCUT2D eigenvalue weighted by Crippen LogP contribution is -1.99. The highest BCUT2D eigenvalue weighted by Gasteiger charge is 2.09. The molecule has 0 atom stereocenters. The molecule has 0 unspecified atom stereocenters. The number of aryl methyl sites for hydroxylation is 1. The molecule has 3 aromatic heterocycles. The van der Waals surface area contributed by atoms with Crippen LogP contribution in [0.4, 0.5) is 10.2 Å². The van der Waals surface area contributed by atoms with E-state index in [1.165, 1.54) is 12.1 Å². The van der Waals surface area contributed by atoms with Crippen molar-refractivity contribution in [1.29, 1.82) is 0 Å². The molecule has 3 aromatic rings. The largest absolute Gasteiger partial charge is 0.384 e. The summed E-state index contributed by atoms with van der Waals surface area (Å²) in [6, 6.07) is 4.47. The fraction of sp³-hybridized carbons (Fsp3) is 0.0769. The Hall–Kier alpha value is -2.83. The molecule has 20 heavy (non-hydrogen) atoms. The molecule has 0 bridgehead atoms. The van der Waals surface area contributed by atoms with Crippen LogP contribution in [0.15, 0.2) is 36.8 Å². The zero-order valence-electron chi connectivity index (χ0n) is 10.7. The van der Waals surface area contributed by atoms with E-state index in [1.807, 2.05) is 13.2 Å². The Kier molecular flexibility index (Phi) is 2.86. The van der Waals surface area contributed by atoms with Gasteiger partial charge in [-0.25, -0.2) is 19.3 Å². The normalized spacial score (nSPS) is 10.7. The van der Waals surface area contributed by atoms with Crippen molar-refractivity contribution in [2.45, 2.75) is 0 Å². The van der Waals surface area contributed by atoms with Crippen LogP contribution in [0.5, 0.6) is 0 Å². The first-order valence-electron chi connectivity index (χ1n) is 5.87. The molecule has 0 aromatic carbocycles. The molecule has 0 spiro atoms. The second-order valence-corrected chi connectivity index (χ2v) is 4.27. The maximum Gasteiger partial charge on any atom is 0.180 e. The Morgan fingerprint density at radius 1 is 1.15 bits per heavy atom. The lowest BCUT2D eigenvalue weighted by molar-refractivity contribution is 0.621. The zero-order chi connectivity index (χ0) is 14.1. The van der Waals surface area contributed by atoms with E-state index in [1.54, 1.807) is 16.9 Å². The van der Waals surface area contributed by atoms with Crippen molar-refractivity contribution in [2.75, 3.05) is 5.73 Å². The number of nitrogens with two attached hydrogens (primary N) is 1. The summed E-state index contributed by atoms with van der Waals surface area (Å²) >= 11 is 0. The molecule has 0 saturated heterocycles. The van der Waals surface area contributed by atoms with Crippen LogP contribution in [0.2, 0.25) is 0 Å². The minimum atomic E-state index is -0.412. The molecular weight excluding hydrogens is 259 g/mol. The fourth-order valence-electron chi connectivity index (χ4n) is 1.79. The quantitative estimate of drug-likeness (QED) is 0.765. The number of aromatic nitrogens is 5. The van der Waals surface area contributed by atoms with Crippen LogP contribution in [0.1, 0.15) is 0 Å². The zero-order valence-corrected chi connectivity index (χ0v) is 10.7. The lowest BCUT2D eigenvalue weighted by atomic mass is 10.2. The van der Waals surface area contributed by atoms with Gasteiger partial charge in [0.25, 0.3) is 0 Å². The molecule has 0 aliphatic heterocycles. The van der Waals surface area contributed by atoms with Gasteiger partial charge in [-0.15, -0.1) is 0 Å². The van der Waals surface area contributed by atoms with Gasteiger partial charge in [-0.05, 0) is 12.1 Å². The fourth-order valence-corrected chi connectivity index (χ4v) is 1.79. The van der Waals surface area contributed by atoms with Crippen molar-refractivity contribution < 1.29 is 4.39 Å². The maximum atomic E-state index is 12.9. The topological polar surface area (TPSA) is 82.5 Å². The van der Waals surface area contributed by atoms with Crippen LogP contribution in [0.3, 0.4) is 0 Å². The molecule has 2 N–H and O–H groups in total. The number of hydrogen-bond acceptors (Lipinski definition) is 5. The average molecular weight is 270 g/mol. The molecule has 0 aliphatic carbocycles. The predicted octanol–water partition coefficient (Wildman–Crippen LogP) is 1.66. The minimum Gasteiger partial charge on any atom is -0.384 e. The van der Waals surface area contributed by atoms with Gasteiger partial charge in [0.2, 0.25) is 0 Å². The molecule has 0 aliphatic rings. The van der Waals surface area contributed by atoms with E-state index in [0.717, 1.165) is 11.8 Å². The summed E-state index contributed by atoms with van der Waals surface area (Å²) in [4.78, 5) is 12.5. The van der Waals surface area contributed by atoms with Gasteiger partial charge in [0, 0.05) is 24.9 Å². The highest BCUT2D eigenvalue weighted by Crippen LogP contribution is 2.21. The first-order chi connectivity index (χ1) is 9.61. The summed E-state index contributed by atoms with van der Waals surface area (Å²) in [6.07, 6.45) is 4.62. The second-order valence-electron chi connectivity index (χ2n) is 4.27. The van der Waals surface area contributed by atoms with Gasteiger partial charge >= 0.3 is 0 Å². The summed E-state index contributed by atoms with van der Waals surface area (Å²) in [5.41, 5.74) is 7.72. The summed E-state index contributed by atoms with van der Waals surface area (Å²) < 4.78 is 14.6. The molecular formula is C13H11FN6.